The minimum atomic E-state index is -0.695. The van der Waals surface area contributed by atoms with Crippen molar-refractivity contribution < 1.29 is 18.1 Å². The van der Waals surface area contributed by atoms with E-state index in [-0.39, 0.29) is 12.1 Å². The van der Waals surface area contributed by atoms with E-state index in [2.05, 4.69) is 10.5 Å². The van der Waals surface area contributed by atoms with Gasteiger partial charge in [-0.1, -0.05) is 11.2 Å². The van der Waals surface area contributed by atoms with Crippen LogP contribution in [-0.2, 0) is 6.54 Å². The summed E-state index contributed by atoms with van der Waals surface area (Å²) in [5.41, 5.74) is 1.01. The molecule has 0 radical (unpaired) electrons. The number of amides is 1. The number of halogens is 2. The lowest BCUT2D eigenvalue weighted by molar-refractivity contribution is 0.0948. The molecule has 1 N–H and O–H groups in total. The van der Waals surface area contributed by atoms with Crippen molar-refractivity contribution in [3.8, 4) is 0 Å². The molecule has 0 bridgehead atoms. The first kappa shape index (κ1) is 13.2. The van der Waals surface area contributed by atoms with Crippen molar-refractivity contribution >= 4 is 5.91 Å². The molecular weight excluding hydrogens is 254 g/mol. The lowest BCUT2D eigenvalue weighted by Gasteiger charge is -2.06. The van der Waals surface area contributed by atoms with Gasteiger partial charge in [-0.15, -0.1) is 0 Å². The van der Waals surface area contributed by atoms with Gasteiger partial charge in [0.05, 0.1) is 5.69 Å². The third-order valence-corrected chi connectivity index (χ3v) is 2.71. The first-order chi connectivity index (χ1) is 8.99. The highest BCUT2D eigenvalue weighted by Gasteiger charge is 2.17. The third-order valence-electron chi connectivity index (χ3n) is 2.71. The maximum Gasteiger partial charge on any atom is 0.257 e. The van der Waals surface area contributed by atoms with Crippen LogP contribution in [-0.4, -0.2) is 11.1 Å². The number of rotatable bonds is 3. The number of carbonyl (C=O) groups excluding carboxylic acids is 1. The molecule has 0 unspecified atom stereocenters. The van der Waals surface area contributed by atoms with E-state index < -0.39 is 17.5 Å². The van der Waals surface area contributed by atoms with Gasteiger partial charge in [-0.05, 0) is 19.9 Å². The number of aromatic nitrogens is 1. The first-order valence-corrected chi connectivity index (χ1v) is 5.64. The van der Waals surface area contributed by atoms with Crippen LogP contribution in [0.5, 0.6) is 0 Å². The predicted octanol–water partition coefficient (Wildman–Crippen LogP) is 2.50. The fraction of sp³-hybridized carbons (Fsp3) is 0.231. The van der Waals surface area contributed by atoms with Crippen LogP contribution in [0.4, 0.5) is 8.78 Å². The molecule has 0 aliphatic rings. The Kier molecular flexibility index (Phi) is 3.59. The van der Waals surface area contributed by atoms with Crippen LogP contribution < -0.4 is 5.32 Å². The number of carbonyl (C=O) groups is 1. The predicted molar refractivity (Wildman–Crippen MR) is 63.5 cm³/mol. The maximum absolute atomic E-state index is 13.4. The summed E-state index contributed by atoms with van der Waals surface area (Å²) < 4.78 is 31.0. The standard InChI is InChI=1S/C13H12F2N2O2/c1-7-12(8(2)19-17-7)13(18)16-6-9-3-4-10(14)5-11(9)15/h3-5H,6H2,1-2H3,(H,16,18). The van der Waals surface area contributed by atoms with E-state index in [1.165, 1.54) is 6.07 Å². The van der Waals surface area contributed by atoms with Crippen LogP contribution in [0.2, 0.25) is 0 Å². The van der Waals surface area contributed by atoms with Crippen LogP contribution >= 0.6 is 0 Å². The zero-order valence-corrected chi connectivity index (χ0v) is 10.5. The molecule has 0 fully saturated rings. The van der Waals surface area contributed by atoms with Gasteiger partial charge in [0.25, 0.3) is 5.91 Å². The Morgan fingerprint density at radius 3 is 2.68 bits per heavy atom. The molecular formula is C13H12F2N2O2. The molecule has 0 saturated heterocycles. The van der Waals surface area contributed by atoms with Crippen LogP contribution in [0.3, 0.4) is 0 Å². The van der Waals surface area contributed by atoms with E-state index in [1.807, 2.05) is 0 Å². The second kappa shape index (κ2) is 5.17. The topological polar surface area (TPSA) is 55.1 Å². The minimum absolute atomic E-state index is 0.0327. The summed E-state index contributed by atoms with van der Waals surface area (Å²) in [7, 11) is 0. The van der Waals surface area contributed by atoms with Crippen LogP contribution in [0.25, 0.3) is 0 Å². The Bertz CT molecular complexity index is 604. The monoisotopic (exact) mass is 266 g/mol. The molecule has 1 aromatic heterocycles. The van der Waals surface area contributed by atoms with E-state index in [0.717, 1.165) is 12.1 Å². The lowest BCUT2D eigenvalue weighted by atomic mass is 10.1. The molecule has 0 atom stereocenters. The molecule has 1 aromatic carbocycles. The molecule has 2 rings (SSSR count). The molecule has 1 amide bonds. The summed E-state index contributed by atoms with van der Waals surface area (Å²) in [6.07, 6.45) is 0. The average Bonchev–Trinajstić information content (AvgIpc) is 2.68. The van der Waals surface area contributed by atoms with Crippen molar-refractivity contribution in [1.82, 2.24) is 10.5 Å². The van der Waals surface area contributed by atoms with Crippen LogP contribution in [0.15, 0.2) is 22.7 Å². The summed E-state index contributed by atoms with van der Waals surface area (Å²) in [6.45, 7) is 3.23. The van der Waals surface area contributed by atoms with Gasteiger partial charge in [0.15, 0.2) is 0 Å². The molecule has 6 heteroatoms. The molecule has 1 heterocycles. The number of hydrogen-bond donors (Lipinski definition) is 1. The summed E-state index contributed by atoms with van der Waals surface area (Å²) in [4.78, 5) is 11.9. The molecule has 19 heavy (non-hydrogen) atoms. The van der Waals surface area contributed by atoms with Gasteiger partial charge >= 0.3 is 0 Å². The molecule has 100 valence electrons. The van der Waals surface area contributed by atoms with Crippen molar-refractivity contribution in [2.75, 3.05) is 0 Å². The van der Waals surface area contributed by atoms with E-state index in [1.54, 1.807) is 13.8 Å². The van der Waals surface area contributed by atoms with Crippen molar-refractivity contribution in [2.24, 2.45) is 0 Å². The summed E-state index contributed by atoms with van der Waals surface area (Å²) in [6, 6.07) is 3.20. The SMILES string of the molecule is Cc1noc(C)c1C(=O)NCc1ccc(F)cc1F. The Balaban J connectivity index is 2.09. The molecule has 0 spiro atoms. The van der Waals surface area contributed by atoms with Crippen LogP contribution in [0, 0.1) is 25.5 Å². The zero-order valence-electron chi connectivity index (χ0n) is 10.5. The molecule has 0 aliphatic heterocycles. The number of aryl methyl sites for hydroxylation is 2. The second-order valence-electron chi connectivity index (χ2n) is 4.12. The van der Waals surface area contributed by atoms with Crippen molar-refractivity contribution in [3.05, 3.63) is 52.4 Å². The third kappa shape index (κ3) is 2.78. The fourth-order valence-electron chi connectivity index (χ4n) is 1.74. The van der Waals surface area contributed by atoms with E-state index in [9.17, 15) is 13.6 Å². The highest BCUT2D eigenvalue weighted by Crippen LogP contribution is 2.13. The fourth-order valence-corrected chi connectivity index (χ4v) is 1.74. The van der Waals surface area contributed by atoms with Crippen molar-refractivity contribution in [3.63, 3.8) is 0 Å². The minimum Gasteiger partial charge on any atom is -0.361 e. The lowest BCUT2D eigenvalue weighted by Crippen LogP contribution is -2.24. The second-order valence-corrected chi connectivity index (χ2v) is 4.12. The molecule has 2 aromatic rings. The van der Waals surface area contributed by atoms with E-state index >= 15 is 0 Å². The number of nitrogens with zero attached hydrogens (tertiary/aromatic N) is 1. The highest BCUT2D eigenvalue weighted by atomic mass is 19.1. The highest BCUT2D eigenvalue weighted by molar-refractivity contribution is 5.95. The zero-order chi connectivity index (χ0) is 14.0. The quantitative estimate of drug-likeness (QED) is 0.928. The van der Waals surface area contributed by atoms with Crippen molar-refractivity contribution in [2.45, 2.75) is 20.4 Å². The van der Waals surface area contributed by atoms with Gasteiger partial charge in [0.2, 0.25) is 0 Å². The summed E-state index contributed by atoms with van der Waals surface area (Å²) in [5.74, 6) is -1.35. The maximum atomic E-state index is 13.4. The van der Waals surface area contributed by atoms with Gasteiger partial charge in [0, 0.05) is 18.2 Å². The van der Waals surface area contributed by atoms with E-state index in [4.69, 9.17) is 4.52 Å². The average molecular weight is 266 g/mol. The summed E-state index contributed by atoms with van der Waals surface area (Å²) in [5, 5.41) is 6.20. The van der Waals surface area contributed by atoms with Gasteiger partial charge in [0.1, 0.15) is 23.0 Å². The Morgan fingerprint density at radius 1 is 1.37 bits per heavy atom. The van der Waals surface area contributed by atoms with E-state index in [0.29, 0.717) is 17.0 Å². The molecule has 4 nitrogen and oxygen atoms in total. The molecule has 0 aliphatic carbocycles. The smallest absolute Gasteiger partial charge is 0.257 e. The molecule has 0 saturated carbocycles. The van der Waals surface area contributed by atoms with Gasteiger partial charge in [-0.25, -0.2) is 8.78 Å². The number of nitrogens with one attached hydrogen (secondary N) is 1. The summed E-state index contributed by atoms with van der Waals surface area (Å²) >= 11 is 0. The number of benzene rings is 1. The van der Waals surface area contributed by atoms with Gasteiger partial charge < -0.3 is 9.84 Å². The van der Waals surface area contributed by atoms with Crippen LogP contribution in [0.1, 0.15) is 27.4 Å². The Morgan fingerprint density at radius 2 is 2.11 bits per heavy atom. The normalized spacial score (nSPS) is 10.5. The first-order valence-electron chi connectivity index (χ1n) is 5.64. The van der Waals surface area contributed by atoms with Gasteiger partial charge in [-0.2, -0.15) is 0 Å². The number of hydrogen-bond acceptors (Lipinski definition) is 3. The van der Waals surface area contributed by atoms with Gasteiger partial charge in [-0.3, -0.25) is 4.79 Å². The Hall–Kier alpha value is -2.24. The largest absolute Gasteiger partial charge is 0.361 e. The van der Waals surface area contributed by atoms with Crippen molar-refractivity contribution in [1.29, 1.82) is 0 Å². The Labute approximate surface area is 108 Å².